The highest BCUT2D eigenvalue weighted by molar-refractivity contribution is 6.52. The van der Waals surface area contributed by atoms with Gasteiger partial charge in [-0.25, -0.2) is 0 Å². The number of nitrogens with zero attached hydrogens (tertiary/aromatic N) is 1. The van der Waals surface area contributed by atoms with Gasteiger partial charge in [-0.1, -0.05) is 12.0 Å². The van der Waals surface area contributed by atoms with Crippen LogP contribution in [0.15, 0.2) is 24.3 Å². The molecule has 0 spiro atoms. The van der Waals surface area contributed by atoms with Gasteiger partial charge in [-0.05, 0) is 58.7 Å². The summed E-state index contributed by atoms with van der Waals surface area (Å²) in [5.41, 5.74) is 7.20. The third-order valence-corrected chi connectivity index (χ3v) is 4.10. The predicted molar refractivity (Wildman–Crippen MR) is 86.7 cm³/mol. The topological polar surface area (TPSA) is 57.4 Å². The molecule has 5 heteroatoms. The van der Waals surface area contributed by atoms with Gasteiger partial charge in [0.25, 0.3) is 0 Å². The summed E-state index contributed by atoms with van der Waals surface area (Å²) in [5, 5.41) is 0. The second-order valence-corrected chi connectivity index (χ2v) is 6.76. The summed E-state index contributed by atoms with van der Waals surface area (Å²) in [4.78, 5) is 4.41. The number of hydrogen-bond acceptors (Lipinski definition) is 4. The van der Waals surface area contributed by atoms with Gasteiger partial charge in [0.1, 0.15) is 0 Å². The molecule has 114 valence electrons. The van der Waals surface area contributed by atoms with Crippen LogP contribution in [-0.2, 0) is 15.7 Å². The van der Waals surface area contributed by atoms with E-state index in [0.717, 1.165) is 17.7 Å². The van der Waals surface area contributed by atoms with E-state index in [0.29, 0.717) is 0 Å². The Morgan fingerprint density at radius 3 is 2.33 bits per heavy atom. The average molecular weight is 288 g/mol. The van der Waals surface area contributed by atoms with Crippen LogP contribution < -0.4 is 5.73 Å². The Kier molecular flexibility index (Phi) is 4.56. The minimum absolute atomic E-state index is 0.151. The van der Waals surface area contributed by atoms with Crippen LogP contribution in [0.3, 0.4) is 0 Å². The van der Waals surface area contributed by atoms with Crippen molar-refractivity contribution < 1.29 is 9.31 Å². The van der Waals surface area contributed by atoms with Crippen LogP contribution >= 0.6 is 0 Å². The molecule has 1 saturated heterocycles. The van der Waals surface area contributed by atoms with Gasteiger partial charge in [-0.15, -0.1) is 0 Å². The lowest BCUT2D eigenvalue weighted by molar-refractivity contribution is 0.00578. The third-order valence-electron chi connectivity index (χ3n) is 4.10. The summed E-state index contributed by atoms with van der Waals surface area (Å²) in [5.74, 6) is 1.91. The lowest BCUT2D eigenvalue weighted by Gasteiger charge is -2.32. The molecule has 1 atom stereocenters. The number of nitrogens with two attached hydrogens (primary N) is 1. The summed E-state index contributed by atoms with van der Waals surface area (Å²) in [7, 11) is -0.333. The third kappa shape index (κ3) is 3.93. The maximum absolute atomic E-state index is 5.91. The van der Waals surface area contributed by atoms with Gasteiger partial charge in [0.05, 0.1) is 16.9 Å². The minimum Gasteiger partial charge on any atom is -0.400 e. The SMILES string of the molecule is CC(N)Cc1ccc(/C=C/B2OC(C)(C)C(C)(C)O2)nc1. The van der Waals surface area contributed by atoms with E-state index in [-0.39, 0.29) is 24.4 Å². The van der Waals surface area contributed by atoms with Gasteiger partial charge in [0.15, 0.2) is 0 Å². The molecule has 1 aromatic rings. The first kappa shape index (κ1) is 16.2. The van der Waals surface area contributed by atoms with Crippen LogP contribution in [-0.4, -0.2) is 29.3 Å². The number of rotatable bonds is 4. The summed E-state index contributed by atoms with van der Waals surface area (Å²) < 4.78 is 11.8. The fourth-order valence-corrected chi connectivity index (χ4v) is 2.17. The standard InChI is InChI=1S/C16H25BN2O2/c1-12(18)10-13-6-7-14(19-11-13)8-9-17-20-15(2,3)16(4,5)21-17/h6-9,11-12H,10,18H2,1-5H3/b9-8+. The molecule has 21 heavy (non-hydrogen) atoms. The smallest absolute Gasteiger partial charge is 0.400 e. The van der Waals surface area contributed by atoms with Crippen molar-refractivity contribution in [2.75, 3.05) is 0 Å². The molecule has 1 aromatic heterocycles. The average Bonchev–Trinajstić information content (AvgIpc) is 2.56. The van der Waals surface area contributed by atoms with Crippen molar-refractivity contribution >= 4 is 13.2 Å². The van der Waals surface area contributed by atoms with E-state index in [2.05, 4.69) is 11.1 Å². The van der Waals surface area contributed by atoms with E-state index in [1.54, 1.807) is 0 Å². The quantitative estimate of drug-likeness (QED) is 0.865. The molecule has 0 aromatic carbocycles. The molecular formula is C16H25BN2O2. The molecule has 2 heterocycles. The second kappa shape index (κ2) is 5.91. The van der Waals surface area contributed by atoms with E-state index in [4.69, 9.17) is 15.0 Å². The molecule has 2 rings (SSSR count). The Labute approximate surface area is 127 Å². The maximum atomic E-state index is 5.91. The Balaban J connectivity index is 1.99. The van der Waals surface area contributed by atoms with Gasteiger partial charge in [-0.3, -0.25) is 4.98 Å². The van der Waals surface area contributed by atoms with E-state index in [1.807, 2.05) is 58.9 Å². The van der Waals surface area contributed by atoms with Crippen molar-refractivity contribution in [3.8, 4) is 0 Å². The van der Waals surface area contributed by atoms with E-state index in [1.165, 1.54) is 0 Å². The number of hydrogen-bond donors (Lipinski definition) is 1. The molecule has 2 N–H and O–H groups in total. The van der Waals surface area contributed by atoms with Crippen LogP contribution in [0, 0.1) is 0 Å². The molecule has 0 saturated carbocycles. The molecule has 0 radical (unpaired) electrons. The van der Waals surface area contributed by atoms with Crippen LogP contribution in [0.1, 0.15) is 45.9 Å². The number of pyridine rings is 1. The van der Waals surface area contributed by atoms with Crippen molar-refractivity contribution in [2.24, 2.45) is 5.73 Å². The van der Waals surface area contributed by atoms with Crippen molar-refractivity contribution in [1.29, 1.82) is 0 Å². The minimum atomic E-state index is -0.333. The van der Waals surface area contributed by atoms with Crippen molar-refractivity contribution in [1.82, 2.24) is 4.98 Å². The molecule has 1 aliphatic rings. The zero-order valence-corrected chi connectivity index (χ0v) is 13.6. The van der Waals surface area contributed by atoms with E-state index < -0.39 is 0 Å². The Morgan fingerprint density at radius 2 is 1.86 bits per heavy atom. The molecule has 4 nitrogen and oxygen atoms in total. The summed E-state index contributed by atoms with van der Waals surface area (Å²) >= 11 is 0. The molecule has 0 bridgehead atoms. The largest absolute Gasteiger partial charge is 0.487 e. The number of aromatic nitrogens is 1. The van der Waals surface area contributed by atoms with Crippen molar-refractivity contribution in [2.45, 2.75) is 58.3 Å². The first-order valence-electron chi connectivity index (χ1n) is 7.44. The van der Waals surface area contributed by atoms with Gasteiger partial charge < -0.3 is 15.0 Å². The monoisotopic (exact) mass is 288 g/mol. The molecule has 1 unspecified atom stereocenters. The molecule has 0 aliphatic carbocycles. The summed E-state index contributed by atoms with van der Waals surface area (Å²) in [6.45, 7) is 10.2. The van der Waals surface area contributed by atoms with Gasteiger partial charge in [0.2, 0.25) is 0 Å². The highest BCUT2D eigenvalue weighted by Gasteiger charge is 2.49. The van der Waals surface area contributed by atoms with Crippen LogP contribution in [0.2, 0.25) is 0 Å². The lowest BCUT2D eigenvalue weighted by Crippen LogP contribution is -2.41. The van der Waals surface area contributed by atoms with E-state index >= 15 is 0 Å². The zero-order valence-electron chi connectivity index (χ0n) is 13.6. The first-order chi connectivity index (χ1) is 9.69. The summed E-state index contributed by atoms with van der Waals surface area (Å²) in [6.07, 6.45) is 4.64. The molecular weight excluding hydrogens is 263 g/mol. The Morgan fingerprint density at radius 1 is 1.24 bits per heavy atom. The normalized spacial score (nSPS) is 21.9. The Bertz CT molecular complexity index is 494. The first-order valence-corrected chi connectivity index (χ1v) is 7.44. The highest BCUT2D eigenvalue weighted by Crippen LogP contribution is 2.36. The summed E-state index contributed by atoms with van der Waals surface area (Å²) in [6, 6.07) is 4.19. The molecule has 1 aliphatic heterocycles. The van der Waals surface area contributed by atoms with Gasteiger partial charge in [-0.2, -0.15) is 0 Å². The fraction of sp³-hybridized carbons (Fsp3) is 0.562. The van der Waals surface area contributed by atoms with Gasteiger partial charge >= 0.3 is 7.12 Å². The highest BCUT2D eigenvalue weighted by atomic mass is 16.7. The molecule has 1 fully saturated rings. The lowest BCUT2D eigenvalue weighted by atomic mass is 9.89. The van der Waals surface area contributed by atoms with Crippen molar-refractivity contribution in [3.63, 3.8) is 0 Å². The van der Waals surface area contributed by atoms with Crippen LogP contribution in [0.25, 0.3) is 6.08 Å². The van der Waals surface area contributed by atoms with Gasteiger partial charge in [0, 0.05) is 12.2 Å². The maximum Gasteiger partial charge on any atom is 0.487 e. The van der Waals surface area contributed by atoms with Crippen molar-refractivity contribution in [3.05, 3.63) is 35.6 Å². The van der Waals surface area contributed by atoms with E-state index in [9.17, 15) is 0 Å². The van der Waals surface area contributed by atoms with Crippen LogP contribution in [0.4, 0.5) is 0 Å². The van der Waals surface area contributed by atoms with Crippen LogP contribution in [0.5, 0.6) is 0 Å². The Hall–Kier alpha value is -1.17. The predicted octanol–water partition coefficient (Wildman–Crippen LogP) is 2.62. The second-order valence-electron chi connectivity index (χ2n) is 6.76. The fourth-order valence-electron chi connectivity index (χ4n) is 2.17. The zero-order chi connectivity index (χ0) is 15.7. The molecule has 0 amide bonds.